The monoisotopic (exact) mass is 188 g/mol. The van der Waals surface area contributed by atoms with Gasteiger partial charge in [-0.25, -0.2) is 0 Å². The van der Waals surface area contributed by atoms with Crippen LogP contribution in [0.5, 0.6) is 0 Å². The highest BCUT2D eigenvalue weighted by Crippen LogP contribution is 2.40. The fourth-order valence-electron chi connectivity index (χ4n) is 1.82. The van der Waals surface area contributed by atoms with Crippen molar-refractivity contribution in [2.24, 2.45) is 5.92 Å². The molecule has 2 atom stereocenters. The van der Waals surface area contributed by atoms with Gasteiger partial charge in [-0.2, -0.15) is 11.8 Å². The summed E-state index contributed by atoms with van der Waals surface area (Å²) in [6, 6.07) is 0. The van der Waals surface area contributed by atoms with E-state index in [4.69, 9.17) is 5.11 Å². The fraction of sp³-hybridized carbons (Fsp3) is 1.00. The molecule has 2 unspecified atom stereocenters. The van der Waals surface area contributed by atoms with E-state index in [0.717, 1.165) is 0 Å². The molecule has 72 valence electrons. The van der Waals surface area contributed by atoms with Gasteiger partial charge in [0.05, 0.1) is 0 Å². The van der Waals surface area contributed by atoms with E-state index >= 15 is 0 Å². The van der Waals surface area contributed by atoms with Crippen LogP contribution in [0.1, 0.15) is 40.0 Å². The molecule has 0 amide bonds. The summed E-state index contributed by atoms with van der Waals surface area (Å²) in [4.78, 5) is 0. The normalized spacial score (nSPS) is 31.0. The molecule has 1 rings (SSSR count). The Hall–Kier alpha value is 0.310. The lowest BCUT2D eigenvalue weighted by Gasteiger charge is -2.26. The van der Waals surface area contributed by atoms with E-state index in [0.29, 0.717) is 22.5 Å². The van der Waals surface area contributed by atoms with E-state index in [1.165, 1.54) is 19.3 Å². The van der Waals surface area contributed by atoms with E-state index in [1.807, 2.05) is 11.8 Å². The average molecular weight is 188 g/mol. The van der Waals surface area contributed by atoms with Crippen LogP contribution in [0.15, 0.2) is 0 Å². The van der Waals surface area contributed by atoms with Crippen LogP contribution in [-0.4, -0.2) is 21.7 Å². The van der Waals surface area contributed by atoms with Gasteiger partial charge in [-0.3, -0.25) is 0 Å². The van der Waals surface area contributed by atoms with Gasteiger partial charge in [0.15, 0.2) is 0 Å². The minimum Gasteiger partial charge on any atom is -0.396 e. The predicted octanol–water partition coefficient (Wildman–Crippen LogP) is 2.68. The van der Waals surface area contributed by atoms with Crippen LogP contribution in [0.2, 0.25) is 0 Å². The Balaban J connectivity index is 2.41. The first-order valence-electron chi connectivity index (χ1n) is 4.81. The highest BCUT2D eigenvalue weighted by atomic mass is 32.2. The molecule has 1 fully saturated rings. The maximum absolute atomic E-state index is 9.12. The van der Waals surface area contributed by atoms with Crippen LogP contribution in [0.25, 0.3) is 0 Å². The third-order valence-corrected chi connectivity index (χ3v) is 3.96. The van der Waals surface area contributed by atoms with Gasteiger partial charge >= 0.3 is 0 Å². The molecule has 0 saturated heterocycles. The zero-order valence-corrected chi connectivity index (χ0v) is 9.16. The van der Waals surface area contributed by atoms with Gasteiger partial charge in [0.1, 0.15) is 0 Å². The lowest BCUT2D eigenvalue weighted by Crippen LogP contribution is -2.21. The number of rotatable bonds is 2. The van der Waals surface area contributed by atoms with Crippen LogP contribution in [0.4, 0.5) is 0 Å². The van der Waals surface area contributed by atoms with Crippen molar-refractivity contribution in [1.82, 2.24) is 0 Å². The van der Waals surface area contributed by atoms with Crippen molar-refractivity contribution < 1.29 is 5.11 Å². The summed E-state index contributed by atoms with van der Waals surface area (Å²) in [7, 11) is 0. The fourth-order valence-corrected chi connectivity index (χ4v) is 3.43. The van der Waals surface area contributed by atoms with Crippen LogP contribution < -0.4 is 0 Å². The van der Waals surface area contributed by atoms with Gasteiger partial charge < -0.3 is 5.11 Å². The van der Waals surface area contributed by atoms with Gasteiger partial charge in [0.2, 0.25) is 0 Å². The van der Waals surface area contributed by atoms with Crippen molar-refractivity contribution in [3.8, 4) is 0 Å². The molecular formula is C10H20OS. The summed E-state index contributed by atoms with van der Waals surface area (Å²) >= 11 is 2.04. The second-order valence-corrected chi connectivity index (χ2v) is 6.71. The number of aliphatic hydroxyl groups excluding tert-OH is 1. The Labute approximate surface area is 79.9 Å². The second kappa shape index (κ2) is 4.01. The molecule has 0 aromatic heterocycles. The molecule has 12 heavy (non-hydrogen) atoms. The molecule has 0 aromatic carbocycles. The third kappa shape index (κ3) is 2.98. The van der Waals surface area contributed by atoms with Crippen LogP contribution in [0.3, 0.4) is 0 Å². The van der Waals surface area contributed by atoms with Crippen molar-refractivity contribution in [3.05, 3.63) is 0 Å². The Bertz CT molecular complexity index is 139. The first-order chi connectivity index (χ1) is 5.53. The van der Waals surface area contributed by atoms with Crippen molar-refractivity contribution in [1.29, 1.82) is 0 Å². The summed E-state index contributed by atoms with van der Waals surface area (Å²) in [5, 5.41) is 9.82. The second-order valence-electron chi connectivity index (χ2n) is 4.64. The minimum atomic E-state index is 0.350. The smallest absolute Gasteiger partial charge is 0.0469 e. The summed E-state index contributed by atoms with van der Waals surface area (Å²) in [6.45, 7) is 7.15. The van der Waals surface area contributed by atoms with Crippen molar-refractivity contribution in [2.45, 2.75) is 50.0 Å². The standard InChI is InChI=1S/C10H20OS/c1-10(2,3)12-9-6-4-5-8(9)7-11/h8-9,11H,4-7H2,1-3H3. The van der Waals surface area contributed by atoms with E-state index in [1.54, 1.807) is 0 Å². The summed E-state index contributed by atoms with van der Waals surface area (Å²) in [6.07, 6.45) is 3.83. The molecule has 1 aliphatic carbocycles. The van der Waals surface area contributed by atoms with E-state index in [9.17, 15) is 0 Å². The molecular weight excluding hydrogens is 168 g/mol. The highest BCUT2D eigenvalue weighted by molar-refractivity contribution is 8.01. The SMILES string of the molecule is CC(C)(C)SC1CCCC1CO. The number of hydrogen-bond donors (Lipinski definition) is 1. The van der Waals surface area contributed by atoms with Crippen LogP contribution >= 0.6 is 11.8 Å². The van der Waals surface area contributed by atoms with E-state index in [2.05, 4.69) is 20.8 Å². The molecule has 0 bridgehead atoms. The minimum absolute atomic E-state index is 0.350. The van der Waals surface area contributed by atoms with Gasteiger partial charge in [0.25, 0.3) is 0 Å². The van der Waals surface area contributed by atoms with Gasteiger partial charge in [-0.1, -0.05) is 27.2 Å². The Morgan fingerprint density at radius 1 is 1.33 bits per heavy atom. The Morgan fingerprint density at radius 3 is 2.50 bits per heavy atom. The molecule has 1 saturated carbocycles. The maximum atomic E-state index is 9.12. The van der Waals surface area contributed by atoms with Crippen LogP contribution in [0, 0.1) is 5.92 Å². The van der Waals surface area contributed by atoms with Crippen molar-refractivity contribution in [2.75, 3.05) is 6.61 Å². The third-order valence-electron chi connectivity index (χ3n) is 2.33. The zero-order valence-electron chi connectivity index (χ0n) is 8.34. The van der Waals surface area contributed by atoms with E-state index < -0.39 is 0 Å². The Kier molecular flexibility index (Phi) is 3.47. The van der Waals surface area contributed by atoms with E-state index in [-0.39, 0.29) is 0 Å². The molecule has 0 aromatic rings. The molecule has 0 spiro atoms. The summed E-state index contributed by atoms with van der Waals surface area (Å²) in [5.74, 6) is 0.564. The van der Waals surface area contributed by atoms with Crippen molar-refractivity contribution >= 4 is 11.8 Å². The molecule has 0 heterocycles. The topological polar surface area (TPSA) is 20.2 Å². The Morgan fingerprint density at radius 2 is 2.00 bits per heavy atom. The molecule has 0 aliphatic heterocycles. The van der Waals surface area contributed by atoms with Gasteiger partial charge in [0, 0.05) is 16.6 Å². The highest BCUT2D eigenvalue weighted by Gasteiger charge is 2.30. The van der Waals surface area contributed by atoms with Gasteiger partial charge in [-0.15, -0.1) is 0 Å². The summed E-state index contributed by atoms with van der Waals surface area (Å²) < 4.78 is 0.350. The quantitative estimate of drug-likeness (QED) is 0.719. The number of aliphatic hydroxyl groups is 1. The molecule has 1 aliphatic rings. The number of thioether (sulfide) groups is 1. The lowest BCUT2D eigenvalue weighted by molar-refractivity contribution is 0.232. The largest absolute Gasteiger partial charge is 0.396 e. The molecule has 1 N–H and O–H groups in total. The average Bonchev–Trinajstić information content (AvgIpc) is 2.31. The summed E-state index contributed by atoms with van der Waals surface area (Å²) in [5.41, 5.74) is 0. The zero-order chi connectivity index (χ0) is 9.19. The maximum Gasteiger partial charge on any atom is 0.0469 e. The van der Waals surface area contributed by atoms with Gasteiger partial charge in [-0.05, 0) is 18.8 Å². The van der Waals surface area contributed by atoms with Crippen molar-refractivity contribution in [3.63, 3.8) is 0 Å². The first kappa shape index (κ1) is 10.4. The molecule has 0 radical (unpaired) electrons. The lowest BCUT2D eigenvalue weighted by atomic mass is 10.1. The molecule has 1 nitrogen and oxygen atoms in total. The first-order valence-corrected chi connectivity index (χ1v) is 5.69. The van der Waals surface area contributed by atoms with Crippen LogP contribution in [-0.2, 0) is 0 Å². The predicted molar refractivity (Wildman–Crippen MR) is 55.6 cm³/mol. The molecule has 2 heteroatoms. The number of hydrogen-bond acceptors (Lipinski definition) is 2.